The number of carbonyl (C=O) groups is 1. The van der Waals surface area contributed by atoms with Crippen LogP contribution in [0.3, 0.4) is 0 Å². The molecule has 6 heteroatoms. The summed E-state index contributed by atoms with van der Waals surface area (Å²) in [6.07, 6.45) is 3.39. The van der Waals surface area contributed by atoms with Crippen LogP contribution in [0.4, 0.5) is 10.1 Å². The van der Waals surface area contributed by atoms with Crippen molar-refractivity contribution in [1.82, 2.24) is 9.88 Å². The molecule has 0 bridgehead atoms. The molecule has 0 aliphatic carbocycles. The summed E-state index contributed by atoms with van der Waals surface area (Å²) in [6, 6.07) is 0.381. The first-order valence-corrected chi connectivity index (χ1v) is 6.31. The molecule has 1 aromatic rings. The smallest absolute Gasteiger partial charge is 0.223 e. The van der Waals surface area contributed by atoms with Gasteiger partial charge < -0.3 is 15.5 Å². The second kappa shape index (κ2) is 3.62. The summed E-state index contributed by atoms with van der Waals surface area (Å²) in [6.45, 7) is 2.59. The van der Waals surface area contributed by atoms with E-state index in [2.05, 4.69) is 9.88 Å². The summed E-state index contributed by atoms with van der Waals surface area (Å²) in [5.74, 6) is 0.309. The van der Waals surface area contributed by atoms with Crippen LogP contribution in [0.15, 0.2) is 6.20 Å². The van der Waals surface area contributed by atoms with Crippen molar-refractivity contribution < 1.29 is 4.79 Å². The van der Waals surface area contributed by atoms with Gasteiger partial charge in [-0.1, -0.05) is 11.3 Å². The van der Waals surface area contributed by atoms with Gasteiger partial charge in [-0.25, -0.2) is 4.98 Å². The number of rotatable bonds is 1. The Kier molecular flexibility index (Phi) is 2.24. The number of amides is 1. The average molecular weight is 238 g/mol. The third kappa shape index (κ3) is 1.53. The second-order valence-electron chi connectivity index (χ2n) is 4.27. The quantitative estimate of drug-likeness (QED) is 0.775. The van der Waals surface area contributed by atoms with Crippen molar-refractivity contribution in [2.24, 2.45) is 0 Å². The van der Waals surface area contributed by atoms with Gasteiger partial charge >= 0.3 is 0 Å². The molecule has 1 unspecified atom stereocenters. The maximum Gasteiger partial charge on any atom is 0.223 e. The molecule has 16 heavy (non-hydrogen) atoms. The highest BCUT2D eigenvalue weighted by molar-refractivity contribution is 7.19. The molecule has 2 aliphatic heterocycles. The third-order valence-corrected chi connectivity index (χ3v) is 4.16. The number of piperazine rings is 1. The molecule has 1 amide bonds. The van der Waals surface area contributed by atoms with Gasteiger partial charge in [-0.2, -0.15) is 0 Å². The number of nitrogens with two attached hydrogens (primary N) is 1. The number of nitrogens with zero attached hydrogens (tertiary/aromatic N) is 3. The number of aromatic nitrogens is 1. The van der Waals surface area contributed by atoms with E-state index in [-0.39, 0.29) is 0 Å². The van der Waals surface area contributed by atoms with E-state index in [0.717, 1.165) is 36.2 Å². The molecule has 2 aliphatic rings. The van der Waals surface area contributed by atoms with Crippen molar-refractivity contribution in [3.8, 4) is 0 Å². The molecule has 3 rings (SSSR count). The van der Waals surface area contributed by atoms with Gasteiger partial charge in [0.1, 0.15) is 5.00 Å². The monoisotopic (exact) mass is 238 g/mol. The Morgan fingerprint density at radius 2 is 2.38 bits per heavy atom. The topological polar surface area (TPSA) is 62.5 Å². The van der Waals surface area contributed by atoms with Crippen molar-refractivity contribution in [3.63, 3.8) is 0 Å². The fraction of sp³-hybridized carbons (Fsp3) is 0.600. The Morgan fingerprint density at radius 3 is 3.12 bits per heavy atom. The minimum atomic E-state index is 0.309. The van der Waals surface area contributed by atoms with E-state index in [4.69, 9.17) is 5.73 Å². The maximum atomic E-state index is 11.5. The lowest BCUT2D eigenvalue weighted by Crippen LogP contribution is -2.51. The Balaban J connectivity index is 1.75. The molecule has 0 saturated carbocycles. The lowest BCUT2D eigenvalue weighted by molar-refractivity contribution is -0.129. The first kappa shape index (κ1) is 9.89. The van der Waals surface area contributed by atoms with E-state index in [9.17, 15) is 4.79 Å². The highest BCUT2D eigenvalue weighted by Crippen LogP contribution is 2.29. The van der Waals surface area contributed by atoms with Crippen LogP contribution in [0.25, 0.3) is 0 Å². The lowest BCUT2D eigenvalue weighted by Gasteiger charge is -2.37. The van der Waals surface area contributed by atoms with E-state index >= 15 is 0 Å². The first-order chi connectivity index (χ1) is 7.74. The molecule has 3 heterocycles. The lowest BCUT2D eigenvalue weighted by atomic mass is 10.2. The van der Waals surface area contributed by atoms with Crippen LogP contribution in [0.5, 0.6) is 0 Å². The summed E-state index contributed by atoms with van der Waals surface area (Å²) in [5.41, 5.74) is 5.68. The zero-order valence-electron chi connectivity index (χ0n) is 8.93. The van der Waals surface area contributed by atoms with Crippen molar-refractivity contribution in [2.75, 3.05) is 30.3 Å². The van der Waals surface area contributed by atoms with E-state index in [1.165, 1.54) is 11.3 Å². The van der Waals surface area contributed by atoms with Gasteiger partial charge in [0, 0.05) is 32.1 Å². The fourth-order valence-electron chi connectivity index (χ4n) is 2.46. The molecule has 1 atom stereocenters. The van der Waals surface area contributed by atoms with Crippen LogP contribution < -0.4 is 10.6 Å². The Morgan fingerprint density at radius 1 is 1.50 bits per heavy atom. The van der Waals surface area contributed by atoms with Gasteiger partial charge in [0.05, 0.1) is 6.20 Å². The number of carbonyl (C=O) groups excluding carboxylic acids is 1. The van der Waals surface area contributed by atoms with Gasteiger partial charge in [0.15, 0.2) is 5.13 Å². The van der Waals surface area contributed by atoms with Crippen LogP contribution in [-0.2, 0) is 4.79 Å². The van der Waals surface area contributed by atoms with Gasteiger partial charge in [0.2, 0.25) is 5.91 Å². The predicted molar refractivity (Wildman–Crippen MR) is 63.5 cm³/mol. The van der Waals surface area contributed by atoms with E-state index in [0.29, 0.717) is 18.4 Å². The number of hydrogen-bond acceptors (Lipinski definition) is 5. The summed E-state index contributed by atoms with van der Waals surface area (Å²) < 4.78 is 0. The van der Waals surface area contributed by atoms with Crippen molar-refractivity contribution in [1.29, 1.82) is 0 Å². The molecule has 5 nitrogen and oxygen atoms in total. The normalized spacial score (nSPS) is 25.0. The number of hydrogen-bond donors (Lipinski definition) is 1. The fourth-order valence-corrected chi connectivity index (χ4v) is 3.18. The number of nitrogen functional groups attached to an aromatic ring is 1. The van der Waals surface area contributed by atoms with Crippen LogP contribution in [0.2, 0.25) is 0 Å². The van der Waals surface area contributed by atoms with Crippen LogP contribution >= 0.6 is 11.3 Å². The molecule has 1 aromatic heterocycles. The molecule has 2 saturated heterocycles. The van der Waals surface area contributed by atoms with Crippen molar-refractivity contribution in [2.45, 2.75) is 18.9 Å². The summed E-state index contributed by atoms with van der Waals surface area (Å²) >= 11 is 1.52. The zero-order chi connectivity index (χ0) is 11.1. The highest BCUT2D eigenvalue weighted by Gasteiger charge is 2.36. The number of thiazole rings is 1. The van der Waals surface area contributed by atoms with Gasteiger partial charge in [0.25, 0.3) is 0 Å². The Labute approximate surface area is 97.9 Å². The van der Waals surface area contributed by atoms with Crippen molar-refractivity contribution >= 4 is 27.4 Å². The summed E-state index contributed by atoms with van der Waals surface area (Å²) in [4.78, 5) is 20.1. The highest BCUT2D eigenvalue weighted by atomic mass is 32.1. The van der Waals surface area contributed by atoms with E-state index < -0.39 is 0 Å². The third-order valence-electron chi connectivity index (χ3n) is 3.28. The standard InChI is InChI=1S/C10H14N4OS/c11-8-5-12-10(16-8)13-3-4-14-7(6-13)1-2-9(14)15/h5,7H,1-4,6,11H2. The van der Waals surface area contributed by atoms with Gasteiger partial charge in [-0.15, -0.1) is 0 Å². The van der Waals surface area contributed by atoms with Gasteiger partial charge in [-0.3, -0.25) is 4.79 Å². The molecular formula is C10H14N4OS. The van der Waals surface area contributed by atoms with Crippen LogP contribution in [0.1, 0.15) is 12.8 Å². The molecule has 0 spiro atoms. The Hall–Kier alpha value is -1.30. The first-order valence-electron chi connectivity index (χ1n) is 5.50. The van der Waals surface area contributed by atoms with E-state index in [1.807, 2.05) is 4.90 Å². The molecule has 2 fully saturated rings. The largest absolute Gasteiger partial charge is 0.389 e. The number of fused-ring (bicyclic) bond motifs is 1. The second-order valence-corrected chi connectivity index (χ2v) is 5.31. The summed E-state index contributed by atoms with van der Waals surface area (Å²) in [7, 11) is 0. The van der Waals surface area contributed by atoms with E-state index in [1.54, 1.807) is 6.20 Å². The van der Waals surface area contributed by atoms with Gasteiger partial charge in [-0.05, 0) is 6.42 Å². The minimum absolute atomic E-state index is 0.309. The minimum Gasteiger partial charge on any atom is -0.389 e. The molecule has 2 N–H and O–H groups in total. The van der Waals surface area contributed by atoms with Crippen LogP contribution in [0, 0.1) is 0 Å². The molecule has 86 valence electrons. The molecule has 0 aromatic carbocycles. The molecular weight excluding hydrogens is 224 g/mol. The van der Waals surface area contributed by atoms with Crippen LogP contribution in [-0.4, -0.2) is 41.5 Å². The number of anilines is 2. The molecule has 0 radical (unpaired) electrons. The SMILES string of the molecule is Nc1cnc(N2CCN3C(=O)CCC3C2)s1. The average Bonchev–Trinajstić information content (AvgIpc) is 2.86. The van der Waals surface area contributed by atoms with Crippen molar-refractivity contribution in [3.05, 3.63) is 6.20 Å². The predicted octanol–water partition coefficient (Wildman–Crippen LogP) is 0.536. The zero-order valence-corrected chi connectivity index (χ0v) is 9.74. The maximum absolute atomic E-state index is 11.5. The Bertz CT molecular complexity index is 419. The summed E-state index contributed by atoms with van der Waals surface area (Å²) in [5, 5.41) is 1.73.